The number of hydrogen-bond donors (Lipinski definition) is 2. The Hall–Kier alpha value is -3.72. The van der Waals surface area contributed by atoms with Crippen LogP contribution >= 0.6 is 11.6 Å². The largest absolute Gasteiger partial charge is 0.378 e. The Kier molecular flexibility index (Phi) is 6.41. The summed E-state index contributed by atoms with van der Waals surface area (Å²) in [4.78, 5) is 49.8. The van der Waals surface area contributed by atoms with Gasteiger partial charge in [0.2, 0.25) is 11.8 Å². The first-order valence-electron chi connectivity index (χ1n) is 10.4. The summed E-state index contributed by atoms with van der Waals surface area (Å²) in [7, 11) is 0. The monoisotopic (exact) mass is 468 g/mol. The number of halogens is 1. The maximum Gasteiger partial charge on any atom is 0.293 e. The molecule has 2 N–H and O–H groups in total. The first-order chi connectivity index (χ1) is 15.9. The lowest BCUT2D eigenvalue weighted by atomic mass is 9.85. The summed E-state index contributed by atoms with van der Waals surface area (Å²) in [6, 6.07) is 10.7. The van der Waals surface area contributed by atoms with E-state index in [0.29, 0.717) is 23.6 Å². The van der Waals surface area contributed by atoms with Crippen molar-refractivity contribution in [1.82, 2.24) is 4.90 Å². The van der Waals surface area contributed by atoms with E-state index in [1.165, 1.54) is 23.1 Å². The number of fused-ring (bicyclic) bond motifs is 1. The molecule has 0 bridgehead atoms. The lowest BCUT2D eigenvalue weighted by Gasteiger charge is -2.16. The third-order valence-corrected chi connectivity index (χ3v) is 6.16. The highest BCUT2D eigenvalue weighted by Gasteiger charge is 2.46. The second-order valence-corrected chi connectivity index (χ2v) is 8.24. The summed E-state index contributed by atoms with van der Waals surface area (Å²) in [6.45, 7) is 0.257. The van der Waals surface area contributed by atoms with E-state index in [1.54, 1.807) is 24.3 Å². The van der Waals surface area contributed by atoms with Crippen LogP contribution < -0.4 is 10.6 Å². The lowest BCUT2D eigenvalue weighted by molar-refractivity contribution is -0.384. The van der Waals surface area contributed by atoms with Gasteiger partial charge in [0.15, 0.2) is 0 Å². The van der Waals surface area contributed by atoms with Gasteiger partial charge in [-0.2, -0.15) is 0 Å². The van der Waals surface area contributed by atoms with E-state index in [2.05, 4.69) is 10.6 Å². The van der Waals surface area contributed by atoms with Crippen molar-refractivity contribution >= 4 is 46.4 Å². The van der Waals surface area contributed by atoms with Gasteiger partial charge in [-0.15, -0.1) is 0 Å². The number of nitrogens with zero attached hydrogens (tertiary/aromatic N) is 2. The van der Waals surface area contributed by atoms with Gasteiger partial charge in [-0.1, -0.05) is 35.9 Å². The fraction of sp³-hybridized carbons (Fsp3) is 0.261. The second-order valence-electron chi connectivity index (χ2n) is 7.83. The molecule has 2 aromatic rings. The van der Waals surface area contributed by atoms with Gasteiger partial charge in [-0.3, -0.25) is 29.4 Å². The number of rotatable bonds is 7. The summed E-state index contributed by atoms with van der Waals surface area (Å²) < 4.78 is 0. The molecule has 4 rings (SSSR count). The first-order valence-corrected chi connectivity index (χ1v) is 10.8. The van der Waals surface area contributed by atoms with Crippen molar-refractivity contribution in [3.8, 4) is 0 Å². The molecule has 170 valence electrons. The highest BCUT2D eigenvalue weighted by Crippen LogP contribution is 2.35. The Balaban J connectivity index is 1.42. The molecule has 2 aromatic carbocycles. The number of allylic oxidation sites excluding steroid dienone is 2. The Labute approximate surface area is 194 Å². The quantitative estimate of drug-likeness (QED) is 0.275. The van der Waals surface area contributed by atoms with Gasteiger partial charge in [0.1, 0.15) is 5.69 Å². The van der Waals surface area contributed by atoms with E-state index >= 15 is 0 Å². The number of carbonyl (C=O) groups is 3. The summed E-state index contributed by atoms with van der Waals surface area (Å²) in [6.07, 6.45) is 4.95. The second kappa shape index (κ2) is 9.41. The minimum Gasteiger partial charge on any atom is -0.378 e. The Morgan fingerprint density at radius 1 is 1.06 bits per heavy atom. The molecular weight excluding hydrogens is 448 g/mol. The van der Waals surface area contributed by atoms with E-state index in [9.17, 15) is 24.5 Å². The molecule has 1 heterocycles. The van der Waals surface area contributed by atoms with Crippen LogP contribution in [0.4, 0.5) is 17.1 Å². The van der Waals surface area contributed by atoms with Crippen molar-refractivity contribution in [3.63, 3.8) is 0 Å². The van der Waals surface area contributed by atoms with Crippen molar-refractivity contribution < 1.29 is 19.3 Å². The van der Waals surface area contributed by atoms with Crippen LogP contribution in [0.1, 0.15) is 23.2 Å². The van der Waals surface area contributed by atoms with Crippen LogP contribution in [0.15, 0.2) is 54.6 Å². The van der Waals surface area contributed by atoms with Gasteiger partial charge in [-0.25, -0.2) is 0 Å². The number of nitrogens with one attached hydrogen (secondary N) is 2. The molecular formula is C23H21ClN4O5. The highest BCUT2D eigenvalue weighted by molar-refractivity contribution is 6.33. The Morgan fingerprint density at radius 3 is 2.36 bits per heavy atom. The van der Waals surface area contributed by atoms with E-state index in [1.807, 2.05) is 12.2 Å². The van der Waals surface area contributed by atoms with Gasteiger partial charge in [-0.05, 0) is 37.1 Å². The SMILES string of the molecule is O=C(Nc1ccccc1Cl)c1ccc(NCCN2C(=O)C3CC=CCC3C2=O)c([N+](=O)[O-])c1. The zero-order valence-electron chi connectivity index (χ0n) is 17.5. The molecule has 0 spiro atoms. The van der Waals surface area contributed by atoms with E-state index in [4.69, 9.17) is 11.6 Å². The number of amides is 3. The molecule has 1 aliphatic heterocycles. The van der Waals surface area contributed by atoms with Crippen LogP contribution in [0.2, 0.25) is 5.02 Å². The zero-order chi connectivity index (χ0) is 23.5. The van der Waals surface area contributed by atoms with Crippen molar-refractivity contribution in [1.29, 1.82) is 0 Å². The van der Waals surface area contributed by atoms with Crippen molar-refractivity contribution in [2.24, 2.45) is 11.8 Å². The predicted molar refractivity (Wildman–Crippen MR) is 123 cm³/mol. The van der Waals surface area contributed by atoms with Crippen LogP contribution in [-0.4, -0.2) is 40.6 Å². The number of nitro benzene ring substituents is 1. The topological polar surface area (TPSA) is 122 Å². The average molecular weight is 469 g/mol. The molecule has 0 radical (unpaired) electrons. The normalized spacial score (nSPS) is 19.4. The molecule has 33 heavy (non-hydrogen) atoms. The molecule has 1 fully saturated rings. The molecule has 1 saturated heterocycles. The molecule has 1 aliphatic carbocycles. The van der Waals surface area contributed by atoms with Crippen LogP contribution in [-0.2, 0) is 9.59 Å². The van der Waals surface area contributed by atoms with Crippen LogP contribution in [0.25, 0.3) is 0 Å². The molecule has 0 aromatic heterocycles. The number of imide groups is 1. The molecule has 9 nitrogen and oxygen atoms in total. The van der Waals surface area contributed by atoms with Crippen LogP contribution in [0.3, 0.4) is 0 Å². The summed E-state index contributed by atoms with van der Waals surface area (Å²) >= 11 is 6.05. The Morgan fingerprint density at radius 2 is 1.73 bits per heavy atom. The standard InChI is InChI=1S/C23H21ClN4O5/c24-17-7-3-4-8-18(17)26-21(29)14-9-10-19(20(13-14)28(32)33)25-11-12-27-22(30)15-5-1-2-6-16(15)23(27)31/h1-4,7-10,13,15-16,25H,5-6,11-12H2,(H,26,29). The molecule has 3 amide bonds. The lowest BCUT2D eigenvalue weighted by Crippen LogP contribution is -2.35. The summed E-state index contributed by atoms with van der Waals surface area (Å²) in [5.41, 5.74) is 0.379. The minimum absolute atomic E-state index is 0.0913. The maximum atomic E-state index is 12.5. The van der Waals surface area contributed by atoms with Gasteiger partial charge in [0.25, 0.3) is 11.6 Å². The number of hydrogen-bond acceptors (Lipinski definition) is 6. The third-order valence-electron chi connectivity index (χ3n) is 5.83. The first kappa shape index (κ1) is 22.5. The van der Waals surface area contributed by atoms with Gasteiger partial charge < -0.3 is 10.6 Å². The van der Waals surface area contributed by atoms with E-state index < -0.39 is 10.8 Å². The smallest absolute Gasteiger partial charge is 0.293 e. The predicted octanol–water partition coefficient (Wildman–Crippen LogP) is 3.86. The number of carbonyl (C=O) groups excluding carboxylic acids is 3. The number of likely N-dealkylation sites (tertiary alicyclic amines) is 1. The molecule has 2 atom stereocenters. The fourth-order valence-corrected chi connectivity index (χ4v) is 4.31. The van der Waals surface area contributed by atoms with E-state index in [-0.39, 0.29) is 53.7 Å². The van der Waals surface area contributed by atoms with Crippen LogP contribution in [0.5, 0.6) is 0 Å². The Bertz CT molecular complexity index is 1140. The molecule has 0 saturated carbocycles. The zero-order valence-corrected chi connectivity index (χ0v) is 18.2. The van der Waals surface area contributed by atoms with Crippen LogP contribution in [0, 0.1) is 22.0 Å². The molecule has 10 heteroatoms. The number of nitro groups is 1. The van der Waals surface area contributed by atoms with Crippen molar-refractivity contribution in [3.05, 3.63) is 75.3 Å². The van der Waals surface area contributed by atoms with E-state index in [0.717, 1.165) is 0 Å². The summed E-state index contributed by atoms with van der Waals surface area (Å²) in [5, 5.41) is 17.5. The van der Waals surface area contributed by atoms with Gasteiger partial charge in [0.05, 0.1) is 27.5 Å². The average Bonchev–Trinajstić information content (AvgIpc) is 3.05. The summed E-state index contributed by atoms with van der Waals surface area (Å²) in [5.74, 6) is -1.56. The number of anilines is 2. The molecule has 2 aliphatic rings. The minimum atomic E-state index is -0.596. The fourth-order valence-electron chi connectivity index (χ4n) is 4.12. The molecule has 2 unspecified atom stereocenters. The van der Waals surface area contributed by atoms with Gasteiger partial charge >= 0.3 is 0 Å². The maximum absolute atomic E-state index is 12.5. The number of benzene rings is 2. The highest BCUT2D eigenvalue weighted by atomic mass is 35.5. The van der Waals surface area contributed by atoms with Crippen molar-refractivity contribution in [2.75, 3.05) is 23.7 Å². The van der Waals surface area contributed by atoms with Gasteiger partial charge in [0, 0.05) is 24.7 Å². The third kappa shape index (κ3) is 4.58. The number of para-hydroxylation sites is 1. The van der Waals surface area contributed by atoms with Crippen molar-refractivity contribution in [2.45, 2.75) is 12.8 Å².